The average molecular weight is 284 g/mol. The van der Waals surface area contributed by atoms with Crippen LogP contribution in [0, 0.1) is 11.3 Å². The summed E-state index contributed by atoms with van der Waals surface area (Å²) >= 11 is 0. The summed E-state index contributed by atoms with van der Waals surface area (Å²) in [7, 11) is 1.82. The van der Waals surface area contributed by atoms with E-state index < -0.39 is 5.41 Å². The Balaban J connectivity index is 4.83. The van der Waals surface area contributed by atoms with Gasteiger partial charge >= 0.3 is 0 Å². The summed E-state index contributed by atoms with van der Waals surface area (Å²) in [4.78, 5) is 28.2. The lowest BCUT2D eigenvalue weighted by Gasteiger charge is -2.35. The molecule has 0 saturated heterocycles. The van der Waals surface area contributed by atoms with Crippen LogP contribution in [0.1, 0.15) is 54.9 Å². The van der Waals surface area contributed by atoms with Crippen molar-refractivity contribution in [3.8, 4) is 0 Å². The van der Waals surface area contributed by atoms with Gasteiger partial charge in [0, 0.05) is 37.5 Å². The van der Waals surface area contributed by atoms with Crippen LogP contribution in [-0.2, 0) is 9.59 Å². The minimum atomic E-state index is -0.447. The predicted octanol–water partition coefficient (Wildman–Crippen LogP) is 2.77. The molecule has 2 amide bonds. The van der Waals surface area contributed by atoms with Crippen molar-refractivity contribution in [3.05, 3.63) is 0 Å². The van der Waals surface area contributed by atoms with Gasteiger partial charge in [0.2, 0.25) is 11.8 Å². The first-order valence-electron chi connectivity index (χ1n) is 7.64. The molecule has 0 radical (unpaired) electrons. The van der Waals surface area contributed by atoms with Gasteiger partial charge in [-0.1, -0.05) is 27.7 Å². The van der Waals surface area contributed by atoms with E-state index >= 15 is 0 Å². The van der Waals surface area contributed by atoms with Gasteiger partial charge in [0.15, 0.2) is 0 Å². The first-order chi connectivity index (χ1) is 9.08. The maximum atomic E-state index is 12.5. The Morgan fingerprint density at radius 3 is 1.85 bits per heavy atom. The quantitative estimate of drug-likeness (QED) is 0.721. The molecule has 0 heterocycles. The van der Waals surface area contributed by atoms with Crippen molar-refractivity contribution in [2.24, 2.45) is 11.3 Å². The zero-order chi connectivity index (χ0) is 16.1. The fourth-order valence-electron chi connectivity index (χ4n) is 2.53. The maximum Gasteiger partial charge on any atom is 0.228 e. The highest BCUT2D eigenvalue weighted by Crippen LogP contribution is 2.27. The first-order valence-corrected chi connectivity index (χ1v) is 7.64. The van der Waals surface area contributed by atoms with E-state index in [4.69, 9.17) is 0 Å². The molecule has 20 heavy (non-hydrogen) atoms. The third-order valence-corrected chi connectivity index (χ3v) is 3.94. The Morgan fingerprint density at radius 1 is 1.05 bits per heavy atom. The Labute approximate surface area is 124 Å². The number of nitrogens with zero attached hydrogens (tertiary/aromatic N) is 2. The summed E-state index contributed by atoms with van der Waals surface area (Å²) in [6.07, 6.45) is 0.678. The van der Waals surface area contributed by atoms with Crippen LogP contribution in [0.15, 0.2) is 0 Å². The van der Waals surface area contributed by atoms with Crippen LogP contribution < -0.4 is 0 Å². The fourth-order valence-corrected chi connectivity index (χ4v) is 2.53. The van der Waals surface area contributed by atoms with E-state index in [9.17, 15) is 9.59 Å². The van der Waals surface area contributed by atoms with Crippen molar-refractivity contribution in [3.63, 3.8) is 0 Å². The van der Waals surface area contributed by atoms with E-state index in [0.29, 0.717) is 6.42 Å². The molecule has 0 fully saturated rings. The van der Waals surface area contributed by atoms with E-state index in [2.05, 4.69) is 0 Å². The molecule has 118 valence electrons. The molecule has 0 aromatic carbocycles. The Kier molecular flexibility index (Phi) is 7.25. The first kappa shape index (κ1) is 18.9. The average Bonchev–Trinajstić information content (AvgIpc) is 2.37. The topological polar surface area (TPSA) is 40.6 Å². The number of hydrogen-bond donors (Lipinski definition) is 0. The molecule has 0 N–H and O–H groups in total. The van der Waals surface area contributed by atoms with Gasteiger partial charge in [-0.05, 0) is 27.2 Å². The standard InChI is InChI=1S/C16H32N2O2/c1-9-18(10-2)15(20)16(6,7)11-13(5)17(8)14(19)12(3)4/h12-13H,9-11H2,1-8H3. The van der Waals surface area contributed by atoms with Crippen molar-refractivity contribution in [1.29, 1.82) is 0 Å². The molecule has 0 aliphatic carbocycles. The Bertz CT molecular complexity index is 333. The molecule has 0 saturated carbocycles. The second-order valence-corrected chi connectivity index (χ2v) is 6.52. The van der Waals surface area contributed by atoms with E-state index in [-0.39, 0.29) is 23.8 Å². The second-order valence-electron chi connectivity index (χ2n) is 6.52. The lowest BCUT2D eigenvalue weighted by molar-refractivity contribution is -0.143. The van der Waals surface area contributed by atoms with Gasteiger partial charge in [-0.2, -0.15) is 0 Å². The summed E-state index contributed by atoms with van der Waals surface area (Å²) in [6.45, 7) is 15.2. The van der Waals surface area contributed by atoms with Gasteiger partial charge in [-0.15, -0.1) is 0 Å². The molecule has 1 atom stereocenters. The largest absolute Gasteiger partial charge is 0.343 e. The molecule has 0 bridgehead atoms. The summed E-state index contributed by atoms with van der Waals surface area (Å²) in [5.41, 5.74) is -0.447. The summed E-state index contributed by atoms with van der Waals surface area (Å²) in [5, 5.41) is 0. The number of rotatable bonds is 7. The smallest absolute Gasteiger partial charge is 0.228 e. The van der Waals surface area contributed by atoms with Crippen LogP contribution in [-0.4, -0.2) is 47.8 Å². The molecule has 0 aliphatic heterocycles. The van der Waals surface area contributed by atoms with Crippen molar-refractivity contribution in [2.45, 2.75) is 60.9 Å². The zero-order valence-corrected chi connectivity index (χ0v) is 14.5. The highest BCUT2D eigenvalue weighted by atomic mass is 16.2. The van der Waals surface area contributed by atoms with Crippen LogP contribution in [0.2, 0.25) is 0 Å². The van der Waals surface area contributed by atoms with Crippen LogP contribution in [0.25, 0.3) is 0 Å². The van der Waals surface area contributed by atoms with Crippen molar-refractivity contribution >= 4 is 11.8 Å². The third kappa shape index (κ3) is 4.80. The molecule has 4 nitrogen and oxygen atoms in total. The fraction of sp³-hybridized carbons (Fsp3) is 0.875. The molecule has 0 spiro atoms. The van der Waals surface area contributed by atoms with Gasteiger partial charge in [0.1, 0.15) is 0 Å². The van der Waals surface area contributed by atoms with Crippen LogP contribution in [0.3, 0.4) is 0 Å². The minimum absolute atomic E-state index is 0.0101. The normalized spacial score (nSPS) is 13.2. The molecule has 4 heteroatoms. The molecule has 0 aromatic heterocycles. The lowest BCUT2D eigenvalue weighted by atomic mass is 9.84. The molecule has 1 unspecified atom stereocenters. The van der Waals surface area contributed by atoms with Gasteiger partial charge in [-0.3, -0.25) is 9.59 Å². The summed E-state index contributed by atoms with van der Waals surface area (Å²) in [6, 6.07) is 0.0550. The van der Waals surface area contributed by atoms with Gasteiger partial charge in [0.05, 0.1) is 0 Å². The summed E-state index contributed by atoms with van der Waals surface area (Å²) in [5.74, 6) is 0.285. The molecular formula is C16H32N2O2. The summed E-state index contributed by atoms with van der Waals surface area (Å²) < 4.78 is 0. The maximum absolute atomic E-state index is 12.5. The number of carbonyl (C=O) groups is 2. The van der Waals surface area contributed by atoms with Crippen LogP contribution in [0.4, 0.5) is 0 Å². The third-order valence-electron chi connectivity index (χ3n) is 3.94. The SMILES string of the molecule is CCN(CC)C(=O)C(C)(C)CC(C)N(C)C(=O)C(C)C. The molecular weight excluding hydrogens is 252 g/mol. The Morgan fingerprint density at radius 2 is 1.50 bits per heavy atom. The minimum Gasteiger partial charge on any atom is -0.343 e. The zero-order valence-electron chi connectivity index (χ0n) is 14.5. The molecule has 0 aromatic rings. The van der Waals surface area contributed by atoms with Gasteiger partial charge < -0.3 is 9.80 Å². The number of carbonyl (C=O) groups excluding carboxylic acids is 2. The number of hydrogen-bond acceptors (Lipinski definition) is 2. The van der Waals surface area contributed by atoms with Gasteiger partial charge in [-0.25, -0.2) is 0 Å². The molecule has 0 aliphatic rings. The van der Waals surface area contributed by atoms with E-state index in [0.717, 1.165) is 13.1 Å². The lowest BCUT2D eigenvalue weighted by Crippen LogP contribution is -2.46. The molecule has 0 rings (SSSR count). The van der Waals surface area contributed by atoms with Crippen molar-refractivity contribution < 1.29 is 9.59 Å². The van der Waals surface area contributed by atoms with E-state index in [1.54, 1.807) is 4.90 Å². The Hall–Kier alpha value is -1.06. The van der Waals surface area contributed by atoms with E-state index in [1.165, 1.54) is 0 Å². The second kappa shape index (κ2) is 7.65. The van der Waals surface area contributed by atoms with Crippen LogP contribution in [0.5, 0.6) is 0 Å². The number of amides is 2. The highest BCUT2D eigenvalue weighted by Gasteiger charge is 2.34. The monoisotopic (exact) mass is 284 g/mol. The van der Waals surface area contributed by atoms with Crippen LogP contribution >= 0.6 is 0 Å². The predicted molar refractivity (Wildman–Crippen MR) is 83.4 cm³/mol. The van der Waals surface area contributed by atoms with Crippen molar-refractivity contribution in [1.82, 2.24) is 9.80 Å². The van der Waals surface area contributed by atoms with Crippen molar-refractivity contribution in [2.75, 3.05) is 20.1 Å². The van der Waals surface area contributed by atoms with E-state index in [1.807, 2.05) is 60.4 Å². The van der Waals surface area contributed by atoms with Gasteiger partial charge in [0.25, 0.3) is 0 Å². The highest BCUT2D eigenvalue weighted by molar-refractivity contribution is 5.82.